The predicted molar refractivity (Wildman–Crippen MR) is 67.6 cm³/mol. The van der Waals surface area contributed by atoms with E-state index in [0.717, 1.165) is 37.3 Å². The van der Waals surface area contributed by atoms with Crippen LogP contribution in [-0.4, -0.2) is 24.8 Å². The van der Waals surface area contributed by atoms with Crippen LogP contribution in [0.25, 0.3) is 0 Å². The van der Waals surface area contributed by atoms with Crippen molar-refractivity contribution in [2.24, 2.45) is 5.92 Å². The highest BCUT2D eigenvalue weighted by Gasteiger charge is 2.23. The van der Waals surface area contributed by atoms with Crippen molar-refractivity contribution in [2.45, 2.75) is 19.8 Å². The molecule has 0 aliphatic carbocycles. The third-order valence-electron chi connectivity index (χ3n) is 3.35. The number of hydrogen-bond donors (Lipinski definition) is 2. The maximum absolute atomic E-state index is 8.94. The Morgan fingerprint density at radius 3 is 3.06 bits per heavy atom. The van der Waals surface area contributed by atoms with Gasteiger partial charge in [0.15, 0.2) is 0 Å². The number of nitrogens with two attached hydrogens (primary N) is 1. The zero-order chi connectivity index (χ0) is 11.5. The third kappa shape index (κ3) is 2.30. The maximum Gasteiger partial charge on any atom is 0.0602 e. The van der Waals surface area contributed by atoms with E-state index in [1.54, 1.807) is 0 Å². The van der Waals surface area contributed by atoms with Gasteiger partial charge in [0.2, 0.25) is 0 Å². The van der Waals surface area contributed by atoms with E-state index in [0.29, 0.717) is 12.5 Å². The summed E-state index contributed by atoms with van der Waals surface area (Å²) in [7, 11) is 0. The summed E-state index contributed by atoms with van der Waals surface area (Å²) >= 11 is 0. The van der Waals surface area contributed by atoms with E-state index in [1.807, 2.05) is 12.1 Å². The van der Waals surface area contributed by atoms with Gasteiger partial charge in [-0.15, -0.1) is 0 Å². The Morgan fingerprint density at radius 2 is 2.31 bits per heavy atom. The van der Waals surface area contributed by atoms with E-state index in [2.05, 4.69) is 17.9 Å². The van der Waals surface area contributed by atoms with Gasteiger partial charge in [-0.2, -0.15) is 0 Å². The van der Waals surface area contributed by atoms with Gasteiger partial charge in [0.25, 0.3) is 0 Å². The van der Waals surface area contributed by atoms with Gasteiger partial charge in [0, 0.05) is 19.7 Å². The van der Waals surface area contributed by atoms with Gasteiger partial charge in [-0.3, -0.25) is 0 Å². The largest absolute Gasteiger partial charge is 0.397 e. The van der Waals surface area contributed by atoms with E-state index in [-0.39, 0.29) is 0 Å². The summed E-state index contributed by atoms with van der Waals surface area (Å²) in [6, 6.07) is 6.17. The summed E-state index contributed by atoms with van der Waals surface area (Å²) in [5, 5.41) is 8.94. The van der Waals surface area contributed by atoms with Crippen molar-refractivity contribution in [3.8, 4) is 0 Å². The normalized spacial score (nSPS) is 20.4. The molecule has 1 heterocycles. The van der Waals surface area contributed by atoms with E-state index < -0.39 is 0 Å². The van der Waals surface area contributed by atoms with Gasteiger partial charge in [-0.1, -0.05) is 6.07 Å². The summed E-state index contributed by atoms with van der Waals surface area (Å²) in [5.41, 5.74) is 9.25. The van der Waals surface area contributed by atoms with Crippen molar-refractivity contribution in [3.63, 3.8) is 0 Å². The second-order valence-corrected chi connectivity index (χ2v) is 4.68. The molecule has 0 aromatic heterocycles. The average molecular weight is 220 g/mol. The lowest BCUT2D eigenvalue weighted by Gasteiger charge is -2.21. The van der Waals surface area contributed by atoms with Gasteiger partial charge >= 0.3 is 0 Å². The van der Waals surface area contributed by atoms with Crippen LogP contribution >= 0.6 is 0 Å². The van der Waals surface area contributed by atoms with Crippen molar-refractivity contribution < 1.29 is 5.11 Å². The van der Waals surface area contributed by atoms with Crippen molar-refractivity contribution in [1.82, 2.24) is 0 Å². The Morgan fingerprint density at radius 1 is 1.50 bits per heavy atom. The Bertz CT molecular complexity index is 365. The number of hydrogen-bond acceptors (Lipinski definition) is 3. The van der Waals surface area contributed by atoms with Crippen LogP contribution in [0.15, 0.2) is 18.2 Å². The molecule has 3 N–H and O–H groups in total. The molecule has 0 amide bonds. The SMILES string of the molecule is Cc1ccc(N)c(N2CCC(CCO)C2)c1. The molecule has 1 atom stereocenters. The zero-order valence-electron chi connectivity index (χ0n) is 9.82. The zero-order valence-corrected chi connectivity index (χ0v) is 9.82. The number of rotatable bonds is 3. The summed E-state index contributed by atoms with van der Waals surface area (Å²) in [6.45, 7) is 4.46. The van der Waals surface area contributed by atoms with Crippen LogP contribution in [0.1, 0.15) is 18.4 Å². The monoisotopic (exact) mass is 220 g/mol. The number of anilines is 2. The van der Waals surface area contributed by atoms with Crippen LogP contribution in [0.2, 0.25) is 0 Å². The van der Waals surface area contributed by atoms with Crippen LogP contribution in [0, 0.1) is 12.8 Å². The minimum absolute atomic E-state index is 0.293. The highest BCUT2D eigenvalue weighted by molar-refractivity contribution is 5.68. The molecular weight excluding hydrogens is 200 g/mol. The molecule has 0 bridgehead atoms. The lowest BCUT2D eigenvalue weighted by molar-refractivity contribution is 0.263. The number of nitrogens with zero attached hydrogens (tertiary/aromatic N) is 1. The summed E-state index contributed by atoms with van der Waals surface area (Å²) < 4.78 is 0. The van der Waals surface area contributed by atoms with E-state index >= 15 is 0 Å². The van der Waals surface area contributed by atoms with E-state index in [9.17, 15) is 0 Å². The van der Waals surface area contributed by atoms with Crippen molar-refractivity contribution in [2.75, 3.05) is 30.3 Å². The Labute approximate surface area is 96.9 Å². The first-order valence-electron chi connectivity index (χ1n) is 5.92. The number of aliphatic hydroxyl groups excluding tert-OH is 1. The van der Waals surface area contributed by atoms with Crippen LogP contribution < -0.4 is 10.6 Å². The lowest BCUT2D eigenvalue weighted by atomic mass is 10.1. The molecular formula is C13H20N2O. The molecule has 1 aromatic rings. The first-order chi connectivity index (χ1) is 7.70. The molecule has 1 aromatic carbocycles. The molecule has 1 saturated heterocycles. The molecule has 3 nitrogen and oxygen atoms in total. The summed E-state index contributed by atoms with van der Waals surface area (Å²) in [6.07, 6.45) is 2.07. The Balaban J connectivity index is 2.11. The van der Waals surface area contributed by atoms with Gasteiger partial charge < -0.3 is 15.7 Å². The van der Waals surface area contributed by atoms with Gasteiger partial charge in [-0.05, 0) is 43.4 Å². The van der Waals surface area contributed by atoms with E-state index in [1.165, 1.54) is 5.56 Å². The van der Waals surface area contributed by atoms with Gasteiger partial charge in [0.05, 0.1) is 11.4 Å². The highest BCUT2D eigenvalue weighted by atomic mass is 16.3. The average Bonchev–Trinajstić information content (AvgIpc) is 2.71. The minimum Gasteiger partial charge on any atom is -0.397 e. The third-order valence-corrected chi connectivity index (χ3v) is 3.35. The van der Waals surface area contributed by atoms with E-state index in [4.69, 9.17) is 10.8 Å². The topological polar surface area (TPSA) is 49.5 Å². The quantitative estimate of drug-likeness (QED) is 0.763. The second-order valence-electron chi connectivity index (χ2n) is 4.68. The fraction of sp³-hybridized carbons (Fsp3) is 0.538. The molecule has 1 aliphatic rings. The molecule has 0 spiro atoms. The number of nitrogen functional groups attached to an aromatic ring is 1. The van der Waals surface area contributed by atoms with Gasteiger partial charge in [-0.25, -0.2) is 0 Å². The van der Waals surface area contributed by atoms with Crippen LogP contribution in [0.4, 0.5) is 11.4 Å². The second kappa shape index (κ2) is 4.74. The first kappa shape index (κ1) is 11.3. The number of aliphatic hydroxyl groups is 1. The van der Waals surface area contributed by atoms with Crippen LogP contribution in [0.3, 0.4) is 0 Å². The van der Waals surface area contributed by atoms with Crippen molar-refractivity contribution in [1.29, 1.82) is 0 Å². The standard InChI is InChI=1S/C13H20N2O/c1-10-2-3-12(14)13(8-10)15-6-4-11(9-15)5-7-16/h2-3,8,11,16H,4-7,9,14H2,1H3. The summed E-state index contributed by atoms with van der Waals surface area (Å²) in [5.74, 6) is 0.616. The van der Waals surface area contributed by atoms with Crippen molar-refractivity contribution in [3.05, 3.63) is 23.8 Å². The fourth-order valence-electron chi connectivity index (χ4n) is 2.40. The van der Waals surface area contributed by atoms with Gasteiger partial charge in [0.1, 0.15) is 0 Å². The highest BCUT2D eigenvalue weighted by Crippen LogP contribution is 2.30. The molecule has 0 radical (unpaired) electrons. The molecule has 2 rings (SSSR count). The van der Waals surface area contributed by atoms with Crippen molar-refractivity contribution >= 4 is 11.4 Å². The molecule has 16 heavy (non-hydrogen) atoms. The number of aryl methyl sites for hydroxylation is 1. The maximum atomic E-state index is 8.94. The molecule has 3 heteroatoms. The molecule has 1 unspecified atom stereocenters. The summed E-state index contributed by atoms with van der Waals surface area (Å²) in [4.78, 5) is 2.34. The molecule has 88 valence electrons. The minimum atomic E-state index is 0.293. The fourth-order valence-corrected chi connectivity index (χ4v) is 2.40. The lowest BCUT2D eigenvalue weighted by Crippen LogP contribution is -2.21. The van der Waals surface area contributed by atoms with Crippen LogP contribution in [-0.2, 0) is 0 Å². The number of benzene rings is 1. The Kier molecular flexibility index (Phi) is 3.34. The molecule has 1 fully saturated rings. The first-order valence-corrected chi connectivity index (χ1v) is 5.92. The Hall–Kier alpha value is -1.22. The molecule has 1 aliphatic heterocycles. The smallest absolute Gasteiger partial charge is 0.0602 e. The molecule has 0 saturated carbocycles. The van der Waals surface area contributed by atoms with Crippen LogP contribution in [0.5, 0.6) is 0 Å². The predicted octanol–water partition coefficient (Wildman–Crippen LogP) is 1.79.